The Labute approximate surface area is 122 Å². The van der Waals surface area contributed by atoms with E-state index in [0.29, 0.717) is 6.04 Å². The maximum atomic E-state index is 13.0. The predicted molar refractivity (Wildman–Crippen MR) is 81.9 cm³/mol. The van der Waals surface area contributed by atoms with Crippen LogP contribution in [0.5, 0.6) is 0 Å². The van der Waals surface area contributed by atoms with Crippen molar-refractivity contribution in [3.05, 3.63) is 64.4 Å². The average molecular weight is 322 g/mol. The Kier molecular flexibility index (Phi) is 4.59. The number of hydrogen-bond donors (Lipinski definition) is 0. The quantitative estimate of drug-likeness (QED) is 0.765. The largest absolute Gasteiger partial charge is 0.365 e. The molecule has 1 nitrogen and oxygen atoms in total. The van der Waals surface area contributed by atoms with Crippen molar-refractivity contribution in [2.45, 2.75) is 26.4 Å². The van der Waals surface area contributed by atoms with Crippen LogP contribution in [0.3, 0.4) is 0 Å². The van der Waals surface area contributed by atoms with Crippen LogP contribution in [0, 0.1) is 5.82 Å². The van der Waals surface area contributed by atoms with Crippen LogP contribution in [0.25, 0.3) is 0 Å². The molecule has 19 heavy (non-hydrogen) atoms. The first-order valence-corrected chi connectivity index (χ1v) is 7.12. The Morgan fingerprint density at radius 1 is 1.00 bits per heavy atom. The van der Waals surface area contributed by atoms with Crippen LogP contribution < -0.4 is 4.90 Å². The van der Waals surface area contributed by atoms with E-state index < -0.39 is 0 Å². The van der Waals surface area contributed by atoms with Crippen molar-refractivity contribution in [3.63, 3.8) is 0 Å². The number of halogens is 2. The van der Waals surface area contributed by atoms with E-state index in [2.05, 4.69) is 46.8 Å². The van der Waals surface area contributed by atoms with Crippen molar-refractivity contribution >= 4 is 21.6 Å². The highest BCUT2D eigenvalue weighted by Gasteiger charge is 2.11. The van der Waals surface area contributed by atoms with Gasteiger partial charge in [-0.15, -0.1) is 0 Å². The highest BCUT2D eigenvalue weighted by atomic mass is 79.9. The Morgan fingerprint density at radius 3 is 2.11 bits per heavy atom. The Balaban J connectivity index is 2.21. The van der Waals surface area contributed by atoms with Crippen LogP contribution in [-0.4, -0.2) is 6.04 Å². The molecule has 100 valence electrons. The maximum absolute atomic E-state index is 13.0. The summed E-state index contributed by atoms with van der Waals surface area (Å²) in [6, 6.07) is 15.3. The number of anilines is 1. The smallest absolute Gasteiger partial charge is 0.123 e. The molecule has 2 aromatic rings. The van der Waals surface area contributed by atoms with E-state index in [0.717, 1.165) is 16.7 Å². The molecule has 3 heteroatoms. The minimum Gasteiger partial charge on any atom is -0.365 e. The minimum absolute atomic E-state index is 0.198. The summed E-state index contributed by atoms with van der Waals surface area (Å²) in [5, 5.41) is 0. The second-order valence-corrected chi connectivity index (χ2v) is 5.74. The molecule has 2 rings (SSSR count). The van der Waals surface area contributed by atoms with Gasteiger partial charge in [-0.1, -0.05) is 28.1 Å². The van der Waals surface area contributed by atoms with Crippen molar-refractivity contribution in [3.8, 4) is 0 Å². The summed E-state index contributed by atoms with van der Waals surface area (Å²) >= 11 is 3.44. The molecule has 0 N–H and O–H groups in total. The standard InChI is InChI=1S/C16H17BrFN/c1-12(2)19(16-9-7-15(18)8-10-16)11-13-3-5-14(17)6-4-13/h3-10,12H,11H2,1-2H3. The van der Waals surface area contributed by atoms with E-state index in [4.69, 9.17) is 0 Å². The Morgan fingerprint density at radius 2 is 1.58 bits per heavy atom. The second-order valence-electron chi connectivity index (χ2n) is 4.82. The first-order valence-electron chi connectivity index (χ1n) is 6.33. The van der Waals surface area contributed by atoms with Crippen LogP contribution in [-0.2, 0) is 6.54 Å². The first kappa shape index (κ1) is 14.1. The van der Waals surface area contributed by atoms with Gasteiger partial charge in [-0.3, -0.25) is 0 Å². The van der Waals surface area contributed by atoms with Gasteiger partial charge < -0.3 is 4.90 Å². The highest BCUT2D eigenvalue weighted by molar-refractivity contribution is 9.10. The zero-order valence-corrected chi connectivity index (χ0v) is 12.7. The van der Waals surface area contributed by atoms with Crippen molar-refractivity contribution in [2.24, 2.45) is 0 Å². The molecular formula is C16H17BrFN. The summed E-state index contributed by atoms with van der Waals surface area (Å²) < 4.78 is 14.1. The van der Waals surface area contributed by atoms with Gasteiger partial charge in [-0.2, -0.15) is 0 Å². The van der Waals surface area contributed by atoms with Crippen LogP contribution in [0.15, 0.2) is 53.0 Å². The number of benzene rings is 2. The molecule has 0 amide bonds. The summed E-state index contributed by atoms with van der Waals surface area (Å²) in [6.45, 7) is 5.10. The fourth-order valence-corrected chi connectivity index (χ4v) is 2.26. The molecule has 0 heterocycles. The fourth-order valence-electron chi connectivity index (χ4n) is 1.99. The van der Waals surface area contributed by atoms with Crippen molar-refractivity contribution in [1.29, 1.82) is 0 Å². The zero-order chi connectivity index (χ0) is 13.8. The Hall–Kier alpha value is -1.35. The summed E-state index contributed by atoms with van der Waals surface area (Å²) in [4.78, 5) is 2.25. The van der Waals surface area contributed by atoms with Crippen LogP contribution >= 0.6 is 15.9 Å². The van der Waals surface area contributed by atoms with Gasteiger partial charge in [0.15, 0.2) is 0 Å². The summed E-state index contributed by atoms with van der Waals surface area (Å²) in [7, 11) is 0. The molecule has 0 aliphatic heterocycles. The molecule has 0 unspecified atom stereocenters. The lowest BCUT2D eigenvalue weighted by Gasteiger charge is -2.29. The fraction of sp³-hybridized carbons (Fsp3) is 0.250. The van der Waals surface area contributed by atoms with Gasteiger partial charge in [0.1, 0.15) is 5.82 Å². The third-order valence-electron chi connectivity index (χ3n) is 3.05. The molecular weight excluding hydrogens is 305 g/mol. The minimum atomic E-state index is -0.198. The lowest BCUT2D eigenvalue weighted by molar-refractivity contribution is 0.625. The van der Waals surface area contributed by atoms with E-state index in [9.17, 15) is 4.39 Å². The van der Waals surface area contributed by atoms with Gasteiger partial charge >= 0.3 is 0 Å². The molecule has 2 aromatic carbocycles. The predicted octanol–water partition coefficient (Wildman–Crippen LogP) is 5.00. The summed E-state index contributed by atoms with van der Waals surface area (Å²) in [5.41, 5.74) is 2.28. The molecule has 0 saturated heterocycles. The van der Waals surface area contributed by atoms with Gasteiger partial charge in [0.2, 0.25) is 0 Å². The van der Waals surface area contributed by atoms with Gasteiger partial charge in [-0.05, 0) is 55.8 Å². The van der Waals surface area contributed by atoms with E-state index >= 15 is 0 Å². The number of hydrogen-bond acceptors (Lipinski definition) is 1. The Bertz CT molecular complexity index is 519. The number of nitrogens with zero attached hydrogens (tertiary/aromatic N) is 1. The highest BCUT2D eigenvalue weighted by Crippen LogP contribution is 2.21. The summed E-state index contributed by atoms with van der Waals surface area (Å²) in [5.74, 6) is -0.198. The van der Waals surface area contributed by atoms with E-state index in [-0.39, 0.29) is 5.82 Å². The monoisotopic (exact) mass is 321 g/mol. The molecule has 0 saturated carbocycles. The lowest BCUT2D eigenvalue weighted by atomic mass is 10.1. The normalized spacial score (nSPS) is 10.8. The second kappa shape index (κ2) is 6.20. The molecule has 0 bridgehead atoms. The van der Waals surface area contributed by atoms with Crippen LogP contribution in [0.1, 0.15) is 19.4 Å². The number of rotatable bonds is 4. The molecule has 0 aliphatic carbocycles. The molecule has 0 spiro atoms. The summed E-state index contributed by atoms with van der Waals surface area (Å²) in [6.07, 6.45) is 0. The molecule has 0 aliphatic rings. The SMILES string of the molecule is CC(C)N(Cc1ccc(Br)cc1)c1ccc(F)cc1. The van der Waals surface area contributed by atoms with Crippen molar-refractivity contribution in [1.82, 2.24) is 0 Å². The zero-order valence-electron chi connectivity index (χ0n) is 11.1. The van der Waals surface area contributed by atoms with Gasteiger partial charge in [0.25, 0.3) is 0 Å². The maximum Gasteiger partial charge on any atom is 0.123 e. The van der Waals surface area contributed by atoms with Crippen LogP contribution in [0.2, 0.25) is 0 Å². The lowest BCUT2D eigenvalue weighted by Crippen LogP contribution is -2.30. The third-order valence-corrected chi connectivity index (χ3v) is 3.58. The topological polar surface area (TPSA) is 3.24 Å². The molecule has 0 radical (unpaired) electrons. The van der Waals surface area contributed by atoms with Gasteiger partial charge in [0.05, 0.1) is 0 Å². The average Bonchev–Trinajstić information content (AvgIpc) is 2.39. The molecule has 0 atom stereocenters. The van der Waals surface area contributed by atoms with Crippen molar-refractivity contribution in [2.75, 3.05) is 4.90 Å². The third kappa shape index (κ3) is 3.80. The molecule has 0 aromatic heterocycles. The van der Waals surface area contributed by atoms with Gasteiger partial charge in [0, 0.05) is 22.7 Å². The van der Waals surface area contributed by atoms with E-state index in [1.807, 2.05) is 24.3 Å². The van der Waals surface area contributed by atoms with Crippen molar-refractivity contribution < 1.29 is 4.39 Å². The van der Waals surface area contributed by atoms with Crippen LogP contribution in [0.4, 0.5) is 10.1 Å². The van der Waals surface area contributed by atoms with E-state index in [1.165, 1.54) is 17.7 Å². The first-order chi connectivity index (χ1) is 9.06. The van der Waals surface area contributed by atoms with Gasteiger partial charge in [-0.25, -0.2) is 4.39 Å². The molecule has 0 fully saturated rings. The van der Waals surface area contributed by atoms with E-state index in [1.54, 1.807) is 0 Å².